The quantitative estimate of drug-likeness (QED) is 0.295. The van der Waals surface area contributed by atoms with Crippen molar-refractivity contribution in [3.8, 4) is 0 Å². The van der Waals surface area contributed by atoms with Gasteiger partial charge >= 0.3 is 12.4 Å². The van der Waals surface area contributed by atoms with Crippen molar-refractivity contribution in [2.75, 3.05) is 52.9 Å². The normalized spacial score (nSPS) is 21.1. The van der Waals surface area contributed by atoms with Gasteiger partial charge in [-0.2, -0.15) is 26.3 Å². The summed E-state index contributed by atoms with van der Waals surface area (Å²) in [4.78, 5) is 22.8. The Morgan fingerprint density at radius 2 is 1.27 bits per heavy atom. The highest BCUT2D eigenvalue weighted by molar-refractivity contribution is 5.83. The minimum atomic E-state index is -4.91. The third-order valence-electron chi connectivity index (χ3n) is 9.90. The Kier molecular flexibility index (Phi) is 10.8. The van der Waals surface area contributed by atoms with Crippen LogP contribution in [0, 0.1) is 0 Å². The van der Waals surface area contributed by atoms with Gasteiger partial charge in [-0.1, -0.05) is 36.8 Å². The Hall–Kier alpha value is -2.63. The van der Waals surface area contributed by atoms with E-state index in [1.54, 1.807) is 7.05 Å². The molecular formula is C34H44F6N4O. The fraction of sp³-hybridized carbons (Fsp3) is 0.618. The molecule has 11 heteroatoms. The molecule has 3 fully saturated rings. The van der Waals surface area contributed by atoms with Gasteiger partial charge in [0.05, 0.1) is 11.1 Å². The smallest absolute Gasteiger partial charge is 0.344 e. The maximum atomic E-state index is 13.9. The Bertz CT molecular complexity index is 1220. The van der Waals surface area contributed by atoms with Crippen LogP contribution in [-0.2, 0) is 23.6 Å². The first-order valence-corrected chi connectivity index (χ1v) is 16.2. The predicted molar refractivity (Wildman–Crippen MR) is 162 cm³/mol. The molecule has 1 amide bonds. The molecule has 0 saturated carbocycles. The van der Waals surface area contributed by atoms with Crippen LogP contribution in [-0.4, -0.2) is 90.5 Å². The molecule has 3 aliphatic heterocycles. The van der Waals surface area contributed by atoms with Crippen LogP contribution in [0.4, 0.5) is 26.3 Å². The van der Waals surface area contributed by atoms with E-state index in [0.29, 0.717) is 12.1 Å². The van der Waals surface area contributed by atoms with Gasteiger partial charge in [0.2, 0.25) is 5.91 Å². The van der Waals surface area contributed by atoms with Crippen LogP contribution in [0.3, 0.4) is 0 Å². The summed E-state index contributed by atoms with van der Waals surface area (Å²) in [6.07, 6.45) is -1.71. The van der Waals surface area contributed by atoms with Crippen LogP contribution in [0.15, 0.2) is 48.5 Å². The zero-order valence-electron chi connectivity index (χ0n) is 25.9. The highest BCUT2D eigenvalue weighted by Gasteiger charge is 2.38. The van der Waals surface area contributed by atoms with Gasteiger partial charge in [0, 0.05) is 38.8 Å². The number of carbonyl (C=O) groups excluding carboxylic acids is 1. The summed E-state index contributed by atoms with van der Waals surface area (Å²) in [5, 5.41) is 0. The molecule has 0 N–H and O–H groups in total. The SMILES string of the molecule is CN(CCc1cc(C(F)(F)F)cc(C(F)(F)F)c1)C(=O)C(c1ccccc1)N1CCC(N2CCC(N3CCCCC3)CC2)CC1. The van der Waals surface area contributed by atoms with E-state index in [1.807, 2.05) is 30.3 Å². The Morgan fingerprint density at radius 3 is 1.80 bits per heavy atom. The molecule has 1 unspecified atom stereocenters. The maximum Gasteiger partial charge on any atom is 0.416 e. The van der Waals surface area contributed by atoms with Crippen molar-refractivity contribution in [2.45, 2.75) is 81.8 Å². The van der Waals surface area contributed by atoms with E-state index in [9.17, 15) is 31.1 Å². The number of nitrogens with zero attached hydrogens (tertiary/aromatic N) is 4. The van der Waals surface area contributed by atoms with Crippen LogP contribution >= 0.6 is 0 Å². The van der Waals surface area contributed by atoms with Crippen LogP contribution in [0.25, 0.3) is 0 Å². The van der Waals surface area contributed by atoms with Gasteiger partial charge < -0.3 is 14.7 Å². The molecule has 0 aliphatic carbocycles. The molecule has 248 valence electrons. The van der Waals surface area contributed by atoms with Gasteiger partial charge in [0.15, 0.2) is 0 Å². The summed E-state index contributed by atoms with van der Waals surface area (Å²) in [7, 11) is 1.57. The monoisotopic (exact) mass is 638 g/mol. The lowest BCUT2D eigenvalue weighted by atomic mass is 9.94. The first-order chi connectivity index (χ1) is 21.4. The number of halogens is 6. The number of likely N-dealkylation sites (N-methyl/N-ethyl adjacent to an activating group) is 1. The first kappa shape index (κ1) is 33.7. The molecule has 2 aromatic carbocycles. The van der Waals surface area contributed by atoms with E-state index in [4.69, 9.17) is 0 Å². The summed E-state index contributed by atoms with van der Waals surface area (Å²) < 4.78 is 80.2. The van der Waals surface area contributed by atoms with Crippen molar-refractivity contribution in [3.63, 3.8) is 0 Å². The second-order valence-electron chi connectivity index (χ2n) is 12.9. The van der Waals surface area contributed by atoms with E-state index in [-0.39, 0.29) is 30.5 Å². The second-order valence-corrected chi connectivity index (χ2v) is 12.9. The Balaban J connectivity index is 1.21. The lowest BCUT2D eigenvalue weighted by Crippen LogP contribution is -2.53. The van der Waals surface area contributed by atoms with Gasteiger partial charge in [-0.3, -0.25) is 9.69 Å². The molecule has 0 radical (unpaired) electrons. The molecule has 1 atom stereocenters. The number of amides is 1. The van der Waals surface area contributed by atoms with E-state index >= 15 is 0 Å². The second kappa shape index (κ2) is 14.4. The zero-order chi connectivity index (χ0) is 32.2. The molecule has 3 saturated heterocycles. The molecule has 0 aromatic heterocycles. The minimum Gasteiger partial charge on any atom is -0.344 e. The summed E-state index contributed by atoms with van der Waals surface area (Å²) >= 11 is 0. The van der Waals surface area contributed by atoms with E-state index < -0.39 is 29.5 Å². The molecular weight excluding hydrogens is 594 g/mol. The molecule has 3 heterocycles. The zero-order valence-corrected chi connectivity index (χ0v) is 25.9. The predicted octanol–water partition coefficient (Wildman–Crippen LogP) is 6.88. The van der Waals surface area contributed by atoms with Crippen molar-refractivity contribution in [1.29, 1.82) is 0 Å². The van der Waals surface area contributed by atoms with Crippen molar-refractivity contribution >= 4 is 5.91 Å². The summed E-state index contributed by atoms with van der Waals surface area (Å²) in [5.74, 6) is -0.218. The third-order valence-corrected chi connectivity index (χ3v) is 9.90. The Morgan fingerprint density at radius 1 is 0.756 bits per heavy atom. The van der Waals surface area contributed by atoms with Crippen LogP contribution in [0.2, 0.25) is 0 Å². The summed E-state index contributed by atoms with van der Waals surface area (Å²) in [5.41, 5.74) is -1.98. The molecule has 0 bridgehead atoms. The van der Waals surface area contributed by atoms with E-state index in [1.165, 1.54) is 50.1 Å². The topological polar surface area (TPSA) is 30.0 Å². The van der Waals surface area contributed by atoms with Gasteiger partial charge in [-0.05, 0) is 100 Å². The number of carbonyl (C=O) groups is 1. The third kappa shape index (κ3) is 8.60. The molecule has 5 nitrogen and oxygen atoms in total. The highest BCUT2D eigenvalue weighted by atomic mass is 19.4. The summed E-state index contributed by atoms with van der Waals surface area (Å²) in [6, 6.07) is 11.6. The number of rotatable bonds is 8. The Labute approximate surface area is 262 Å². The van der Waals surface area contributed by atoms with Crippen molar-refractivity contribution < 1.29 is 31.1 Å². The van der Waals surface area contributed by atoms with Gasteiger partial charge in [-0.25, -0.2) is 0 Å². The fourth-order valence-corrected chi connectivity index (χ4v) is 7.33. The molecule has 5 rings (SSSR count). The number of hydrogen-bond acceptors (Lipinski definition) is 4. The van der Waals surface area contributed by atoms with Crippen LogP contribution in [0.1, 0.15) is 73.2 Å². The lowest BCUT2D eigenvalue weighted by Gasteiger charge is -2.46. The number of piperidine rings is 3. The molecule has 3 aliphatic rings. The number of likely N-dealkylation sites (tertiary alicyclic amines) is 3. The number of hydrogen-bond donors (Lipinski definition) is 0. The molecule has 0 spiro atoms. The van der Waals surface area contributed by atoms with Crippen molar-refractivity contribution in [3.05, 3.63) is 70.8 Å². The molecule has 45 heavy (non-hydrogen) atoms. The van der Waals surface area contributed by atoms with Crippen LogP contribution < -0.4 is 0 Å². The standard InChI is InChI=1S/C34H44F6N4O/c1-41(17-10-25-22-27(33(35,36)37)24-28(23-25)34(38,39)40)32(45)31(26-8-4-2-5-9-26)44-20-13-30(14-21-44)43-18-11-29(12-19-43)42-15-6-3-7-16-42/h2,4-5,8-9,22-24,29-31H,3,6-7,10-21H2,1H3. The largest absolute Gasteiger partial charge is 0.416 e. The number of benzene rings is 2. The average Bonchev–Trinajstić information content (AvgIpc) is 3.04. The van der Waals surface area contributed by atoms with E-state index in [2.05, 4.69) is 14.7 Å². The fourth-order valence-electron chi connectivity index (χ4n) is 7.33. The van der Waals surface area contributed by atoms with Crippen molar-refractivity contribution in [2.24, 2.45) is 0 Å². The van der Waals surface area contributed by atoms with Crippen LogP contribution in [0.5, 0.6) is 0 Å². The van der Waals surface area contributed by atoms with E-state index in [0.717, 1.165) is 56.7 Å². The summed E-state index contributed by atoms with van der Waals surface area (Å²) in [6.45, 7) is 6.10. The molecule has 2 aromatic rings. The van der Waals surface area contributed by atoms with Gasteiger partial charge in [0.1, 0.15) is 6.04 Å². The maximum absolute atomic E-state index is 13.9. The van der Waals surface area contributed by atoms with Gasteiger partial charge in [0.25, 0.3) is 0 Å². The lowest BCUT2D eigenvalue weighted by molar-refractivity contribution is -0.143. The first-order valence-electron chi connectivity index (χ1n) is 16.2. The minimum absolute atomic E-state index is 0.0107. The van der Waals surface area contributed by atoms with Gasteiger partial charge in [-0.15, -0.1) is 0 Å². The van der Waals surface area contributed by atoms with Crippen molar-refractivity contribution in [1.82, 2.24) is 19.6 Å². The highest BCUT2D eigenvalue weighted by Crippen LogP contribution is 2.37. The number of alkyl halides is 6. The average molecular weight is 639 g/mol.